The van der Waals surface area contributed by atoms with Gasteiger partial charge in [0, 0.05) is 11.8 Å². The number of aryl methyl sites for hydroxylation is 1. The van der Waals surface area contributed by atoms with Crippen molar-refractivity contribution >= 4 is 17.1 Å². The molecule has 0 aromatic heterocycles. The maximum atomic E-state index is 13.3. The van der Waals surface area contributed by atoms with Crippen LogP contribution >= 0.6 is 17.1 Å². The molecule has 0 bridgehead atoms. The zero-order chi connectivity index (χ0) is 22.7. The number of ether oxygens (including phenoxy) is 2. The fraction of sp³-hybridized carbons (Fsp3) is 0.727. The summed E-state index contributed by atoms with van der Waals surface area (Å²) in [7, 11) is 2.18. The Morgan fingerprint density at radius 1 is 1.00 bits per heavy atom. The number of phosphoric ester groups is 1. The highest BCUT2D eigenvalue weighted by molar-refractivity contribution is 7.48. The largest absolute Gasteiger partial charge is 0.530 e. The molecule has 1 aromatic carbocycles. The molecule has 9 heteroatoms. The third kappa shape index (κ3) is 8.55. The summed E-state index contributed by atoms with van der Waals surface area (Å²) in [6.07, 6.45) is 9.85. The second-order valence-corrected chi connectivity index (χ2v) is 10.7. The molecule has 2 unspecified atom stereocenters. The molecular weight excluding hydrogens is 436 g/mol. The normalized spacial score (nSPS) is 18.9. The number of phosphoric acid groups is 1. The fourth-order valence-corrected chi connectivity index (χ4v) is 5.58. The number of methoxy groups -OCH3 is 2. The smallest absolute Gasteiger partial charge is 0.493 e. The Morgan fingerprint density at radius 2 is 1.55 bits per heavy atom. The van der Waals surface area contributed by atoms with Gasteiger partial charge in [0.15, 0.2) is 11.5 Å². The molecule has 2 atom stereocenters. The number of hydrogen-bond acceptors (Lipinski definition) is 7. The lowest BCUT2D eigenvalue weighted by Crippen LogP contribution is -2.41. The maximum absolute atomic E-state index is 13.3. The maximum Gasteiger partial charge on any atom is 0.530 e. The highest BCUT2D eigenvalue weighted by atomic mass is 31.2. The highest BCUT2D eigenvalue weighted by Gasteiger charge is 2.32. The zero-order valence-corrected chi connectivity index (χ0v) is 21.5. The van der Waals surface area contributed by atoms with Gasteiger partial charge in [0.2, 0.25) is 5.75 Å². The van der Waals surface area contributed by atoms with Crippen LogP contribution in [0.25, 0.3) is 0 Å². The van der Waals surface area contributed by atoms with Gasteiger partial charge in [-0.05, 0) is 44.4 Å². The Kier molecular flexibility index (Phi) is 11.1. The SMILES string of the molecule is CCOP(=O)(OCCNC1(P)CCCCCCCC1)Oc1c(OC)cc(C)cc1OC. The Balaban J connectivity index is 2.01. The van der Waals surface area contributed by atoms with E-state index < -0.39 is 7.82 Å². The van der Waals surface area contributed by atoms with Gasteiger partial charge in [0.05, 0.1) is 27.4 Å². The third-order valence-electron chi connectivity index (χ3n) is 5.42. The van der Waals surface area contributed by atoms with Crippen LogP contribution in [0.3, 0.4) is 0 Å². The van der Waals surface area contributed by atoms with Crippen molar-refractivity contribution in [2.24, 2.45) is 0 Å². The van der Waals surface area contributed by atoms with Crippen molar-refractivity contribution in [3.05, 3.63) is 17.7 Å². The van der Waals surface area contributed by atoms with Gasteiger partial charge in [-0.1, -0.05) is 38.5 Å². The van der Waals surface area contributed by atoms with Crippen LogP contribution in [-0.4, -0.2) is 39.3 Å². The van der Waals surface area contributed by atoms with Crippen molar-refractivity contribution in [2.45, 2.75) is 70.5 Å². The average Bonchev–Trinajstić information content (AvgIpc) is 2.84. The van der Waals surface area contributed by atoms with E-state index >= 15 is 0 Å². The van der Waals surface area contributed by atoms with E-state index in [9.17, 15) is 4.57 Å². The van der Waals surface area contributed by atoms with Gasteiger partial charge in [0.1, 0.15) is 0 Å². The van der Waals surface area contributed by atoms with Crippen molar-refractivity contribution < 1.29 is 27.6 Å². The van der Waals surface area contributed by atoms with Crippen LogP contribution in [0.1, 0.15) is 63.9 Å². The molecule has 1 N–H and O–H groups in total. The van der Waals surface area contributed by atoms with E-state index in [4.69, 9.17) is 23.0 Å². The number of hydrogen-bond donors (Lipinski definition) is 1. The summed E-state index contributed by atoms with van der Waals surface area (Å²) in [5, 5.41) is 3.57. The number of nitrogens with one attached hydrogen (secondary N) is 1. The predicted molar refractivity (Wildman–Crippen MR) is 127 cm³/mol. The van der Waals surface area contributed by atoms with Gasteiger partial charge in [0.25, 0.3) is 0 Å². The molecule has 1 aliphatic rings. The first-order valence-electron chi connectivity index (χ1n) is 11.2. The topological polar surface area (TPSA) is 75.3 Å². The number of rotatable bonds is 11. The molecule has 1 fully saturated rings. The molecule has 0 spiro atoms. The Labute approximate surface area is 189 Å². The summed E-state index contributed by atoms with van der Waals surface area (Å²) in [6.45, 7) is 4.59. The van der Waals surface area contributed by atoms with Gasteiger partial charge >= 0.3 is 7.82 Å². The molecule has 1 aliphatic carbocycles. The minimum absolute atomic E-state index is 0.00639. The fourth-order valence-electron chi connectivity index (χ4n) is 3.81. The van der Waals surface area contributed by atoms with Crippen LogP contribution in [0, 0.1) is 6.92 Å². The minimum Gasteiger partial charge on any atom is -0.493 e. The number of benzene rings is 1. The molecule has 0 amide bonds. The van der Waals surface area contributed by atoms with Crippen molar-refractivity contribution in [2.75, 3.05) is 34.0 Å². The van der Waals surface area contributed by atoms with Gasteiger partial charge in [-0.25, -0.2) is 4.57 Å². The van der Waals surface area contributed by atoms with E-state index in [-0.39, 0.29) is 24.2 Å². The van der Waals surface area contributed by atoms with Crippen LogP contribution in [0.15, 0.2) is 12.1 Å². The van der Waals surface area contributed by atoms with Crippen LogP contribution in [0.5, 0.6) is 17.2 Å². The highest BCUT2D eigenvalue weighted by Crippen LogP contribution is 2.54. The van der Waals surface area contributed by atoms with E-state index in [0.29, 0.717) is 18.0 Å². The summed E-state index contributed by atoms with van der Waals surface area (Å²) in [5.41, 5.74) is 0.929. The lowest BCUT2D eigenvalue weighted by molar-refractivity contribution is 0.156. The van der Waals surface area contributed by atoms with E-state index in [2.05, 4.69) is 14.6 Å². The van der Waals surface area contributed by atoms with Crippen LogP contribution < -0.4 is 19.3 Å². The third-order valence-corrected chi connectivity index (χ3v) is 7.68. The molecule has 0 heterocycles. The van der Waals surface area contributed by atoms with Gasteiger partial charge in [-0.15, -0.1) is 9.24 Å². The van der Waals surface area contributed by atoms with E-state index in [1.807, 2.05) is 6.92 Å². The molecule has 178 valence electrons. The van der Waals surface area contributed by atoms with E-state index in [1.54, 1.807) is 19.1 Å². The van der Waals surface area contributed by atoms with Crippen molar-refractivity contribution in [3.8, 4) is 17.2 Å². The lowest BCUT2D eigenvalue weighted by atomic mass is 10.0. The minimum atomic E-state index is -3.86. The Bertz CT molecular complexity index is 695. The summed E-state index contributed by atoms with van der Waals surface area (Å²) in [6, 6.07) is 3.57. The standard InChI is InChI=1S/C22H39NO6P2/c1-5-27-31(24,29-21-19(25-3)16-18(2)17-20(21)26-4)28-15-14-23-22(30)12-10-8-6-7-9-11-13-22/h16-17,23H,5-15,30H2,1-4H3. The molecule has 0 radical (unpaired) electrons. The summed E-state index contributed by atoms with van der Waals surface area (Å²) >= 11 is 0. The molecule has 0 aliphatic heterocycles. The van der Waals surface area contributed by atoms with Gasteiger partial charge < -0.3 is 19.3 Å². The second kappa shape index (κ2) is 13.0. The summed E-state index contributed by atoms with van der Waals surface area (Å²) < 4.78 is 40.8. The zero-order valence-electron chi connectivity index (χ0n) is 19.4. The predicted octanol–water partition coefficient (Wildman–Crippen LogP) is 5.85. The molecule has 7 nitrogen and oxygen atoms in total. The first-order chi connectivity index (χ1) is 14.8. The van der Waals surface area contributed by atoms with E-state index in [0.717, 1.165) is 18.4 Å². The molecule has 1 saturated carbocycles. The van der Waals surface area contributed by atoms with Crippen LogP contribution in [0.2, 0.25) is 0 Å². The summed E-state index contributed by atoms with van der Waals surface area (Å²) in [5.74, 6) is 1.03. The Morgan fingerprint density at radius 3 is 2.06 bits per heavy atom. The van der Waals surface area contributed by atoms with E-state index in [1.165, 1.54) is 52.7 Å². The van der Waals surface area contributed by atoms with Crippen molar-refractivity contribution in [3.63, 3.8) is 0 Å². The Hall–Kier alpha value is -0.840. The van der Waals surface area contributed by atoms with Gasteiger partial charge in [-0.2, -0.15) is 0 Å². The second-order valence-electron chi connectivity index (χ2n) is 7.99. The molecule has 31 heavy (non-hydrogen) atoms. The molecule has 0 saturated heterocycles. The summed E-state index contributed by atoms with van der Waals surface area (Å²) in [4.78, 5) is 0. The lowest BCUT2D eigenvalue weighted by Gasteiger charge is -2.31. The first-order valence-corrected chi connectivity index (χ1v) is 13.2. The molecule has 1 aromatic rings. The molecule has 2 rings (SSSR count). The van der Waals surface area contributed by atoms with Crippen molar-refractivity contribution in [1.82, 2.24) is 5.32 Å². The van der Waals surface area contributed by atoms with Gasteiger partial charge in [-0.3, -0.25) is 9.05 Å². The van der Waals surface area contributed by atoms with Crippen LogP contribution in [0.4, 0.5) is 0 Å². The first kappa shape index (κ1) is 26.4. The average molecular weight is 476 g/mol. The van der Waals surface area contributed by atoms with Crippen LogP contribution in [-0.2, 0) is 13.6 Å². The quantitative estimate of drug-likeness (QED) is 0.318. The van der Waals surface area contributed by atoms with Crippen molar-refractivity contribution in [1.29, 1.82) is 0 Å². The monoisotopic (exact) mass is 475 g/mol. The molecular formula is C22H39NO6P2.